The Hall–Kier alpha value is -3.76. The van der Waals surface area contributed by atoms with Crippen LogP contribution in [0.15, 0.2) is 42.6 Å². The SMILES string of the molecule is [2H]C1(c2ccc(-c3nn(COCC[Si](C)(C)C)c4cc(OC)c(-c5cccc6c5CCC6)nc34)cn2)CN(C(=O)O)C1. The Labute approximate surface area is 242 Å². The van der Waals surface area contributed by atoms with Crippen LogP contribution in [0.5, 0.6) is 5.75 Å². The zero-order chi connectivity index (χ0) is 29.6. The van der Waals surface area contributed by atoms with E-state index >= 15 is 0 Å². The largest absolute Gasteiger partial charge is 0.494 e. The van der Waals surface area contributed by atoms with Gasteiger partial charge in [0.05, 0.1) is 12.6 Å². The van der Waals surface area contributed by atoms with Crippen molar-refractivity contribution in [3.05, 3.63) is 59.4 Å². The molecule has 1 aliphatic carbocycles. The highest BCUT2D eigenvalue weighted by Gasteiger charge is 2.32. The lowest BCUT2D eigenvalue weighted by Gasteiger charge is -2.36. The second kappa shape index (κ2) is 10.9. The van der Waals surface area contributed by atoms with E-state index in [0.29, 0.717) is 23.7 Å². The van der Waals surface area contributed by atoms with Gasteiger partial charge in [0.25, 0.3) is 0 Å². The maximum Gasteiger partial charge on any atom is 0.407 e. The summed E-state index contributed by atoms with van der Waals surface area (Å²) in [5, 5.41) is 14.2. The molecular formula is C31H37N5O4Si. The number of benzene rings is 1. The number of hydrogen-bond acceptors (Lipinski definition) is 6. The maximum absolute atomic E-state index is 11.2. The molecule has 3 aromatic heterocycles. The van der Waals surface area contributed by atoms with Gasteiger partial charge in [0.1, 0.15) is 29.4 Å². The third-order valence-corrected chi connectivity index (χ3v) is 9.66. The van der Waals surface area contributed by atoms with Crippen LogP contribution in [-0.4, -0.2) is 70.7 Å². The van der Waals surface area contributed by atoms with Crippen LogP contribution in [-0.2, 0) is 24.3 Å². The maximum atomic E-state index is 11.2. The Morgan fingerprint density at radius 1 is 1.17 bits per heavy atom. The molecule has 4 heterocycles. The van der Waals surface area contributed by atoms with E-state index in [0.717, 1.165) is 53.2 Å². The van der Waals surface area contributed by atoms with Crippen molar-refractivity contribution in [3.63, 3.8) is 0 Å². The van der Waals surface area contributed by atoms with Gasteiger partial charge in [-0.1, -0.05) is 37.8 Å². The normalized spacial score (nSPS) is 16.4. The van der Waals surface area contributed by atoms with Crippen LogP contribution >= 0.6 is 0 Å². The number of pyridine rings is 2. The molecule has 1 aliphatic heterocycles. The average Bonchev–Trinajstić information content (AvgIpc) is 3.57. The summed E-state index contributed by atoms with van der Waals surface area (Å²) in [6, 6.07) is 13.2. The summed E-state index contributed by atoms with van der Waals surface area (Å²) in [5.41, 5.74) is 8.09. The van der Waals surface area contributed by atoms with Crippen LogP contribution in [0.2, 0.25) is 25.7 Å². The third-order valence-electron chi connectivity index (χ3n) is 7.95. The fourth-order valence-corrected chi connectivity index (χ4v) is 6.30. The van der Waals surface area contributed by atoms with Gasteiger partial charge in [-0.05, 0) is 48.6 Å². The van der Waals surface area contributed by atoms with E-state index in [1.165, 1.54) is 16.0 Å². The Morgan fingerprint density at radius 2 is 2.00 bits per heavy atom. The first-order valence-electron chi connectivity index (χ1n) is 14.7. The van der Waals surface area contributed by atoms with E-state index in [2.05, 4.69) is 42.8 Å². The lowest BCUT2D eigenvalue weighted by Crippen LogP contribution is -2.48. The predicted octanol–water partition coefficient (Wildman–Crippen LogP) is 6.05. The number of amides is 1. The average molecular weight is 573 g/mol. The van der Waals surface area contributed by atoms with Gasteiger partial charge in [-0.3, -0.25) is 4.98 Å². The zero-order valence-corrected chi connectivity index (χ0v) is 25.1. The van der Waals surface area contributed by atoms with Crippen LogP contribution < -0.4 is 4.74 Å². The van der Waals surface area contributed by atoms with Crippen LogP contribution in [0.25, 0.3) is 33.5 Å². The topological polar surface area (TPSA) is 103 Å². The van der Waals surface area contributed by atoms with Gasteiger partial charge in [-0.2, -0.15) is 5.10 Å². The van der Waals surface area contributed by atoms with E-state index in [4.69, 9.17) is 20.9 Å². The molecule has 10 heteroatoms. The minimum absolute atomic E-state index is 0.104. The first-order chi connectivity index (χ1) is 20.1. The van der Waals surface area contributed by atoms with E-state index in [1.54, 1.807) is 19.4 Å². The highest BCUT2D eigenvalue weighted by atomic mass is 28.3. The van der Waals surface area contributed by atoms with Gasteiger partial charge in [-0.25, -0.2) is 14.5 Å². The van der Waals surface area contributed by atoms with Crippen molar-refractivity contribution in [1.29, 1.82) is 0 Å². The zero-order valence-electron chi connectivity index (χ0n) is 25.1. The monoisotopic (exact) mass is 572 g/mol. The lowest BCUT2D eigenvalue weighted by molar-refractivity contribution is 0.0818. The quantitative estimate of drug-likeness (QED) is 0.192. The molecule has 1 saturated heterocycles. The number of carboxylic acid groups (broad SMARTS) is 1. The second-order valence-corrected chi connectivity index (χ2v) is 17.7. The van der Waals surface area contributed by atoms with Gasteiger partial charge < -0.3 is 19.5 Å². The van der Waals surface area contributed by atoms with E-state index in [-0.39, 0.29) is 19.8 Å². The summed E-state index contributed by atoms with van der Waals surface area (Å²) in [6.45, 7) is 8.15. The Balaban J connectivity index is 1.41. The highest BCUT2D eigenvalue weighted by molar-refractivity contribution is 6.76. The summed E-state index contributed by atoms with van der Waals surface area (Å²) in [4.78, 5) is 22.2. The van der Waals surface area contributed by atoms with Crippen molar-refractivity contribution in [3.8, 4) is 28.3 Å². The molecule has 1 fully saturated rings. The smallest absolute Gasteiger partial charge is 0.407 e. The Kier molecular flexibility index (Phi) is 6.96. The third kappa shape index (κ3) is 5.46. The Morgan fingerprint density at radius 3 is 2.71 bits per heavy atom. The predicted molar refractivity (Wildman–Crippen MR) is 161 cm³/mol. The molecule has 4 aromatic rings. The van der Waals surface area contributed by atoms with Crippen molar-refractivity contribution in [2.45, 2.75) is 57.6 Å². The highest BCUT2D eigenvalue weighted by Crippen LogP contribution is 2.39. The summed E-state index contributed by atoms with van der Waals surface area (Å²) >= 11 is 0. The number of aromatic nitrogens is 4. The van der Waals surface area contributed by atoms with Crippen LogP contribution in [0.1, 0.15) is 30.5 Å². The number of fused-ring (bicyclic) bond motifs is 2. The van der Waals surface area contributed by atoms with Crippen LogP contribution in [0.3, 0.4) is 0 Å². The molecule has 0 atom stereocenters. The first kappa shape index (κ1) is 26.2. The summed E-state index contributed by atoms with van der Waals surface area (Å²) < 4.78 is 22.5. The molecule has 0 bridgehead atoms. The second-order valence-electron chi connectivity index (χ2n) is 12.1. The molecule has 1 aromatic carbocycles. The number of carbonyl (C=O) groups is 1. The number of nitrogens with zero attached hydrogens (tertiary/aromatic N) is 5. The van der Waals surface area contributed by atoms with Crippen molar-refractivity contribution in [1.82, 2.24) is 24.6 Å². The molecule has 0 spiro atoms. The van der Waals surface area contributed by atoms with Gasteiger partial charge in [0, 0.05) is 64.1 Å². The molecule has 214 valence electrons. The van der Waals surface area contributed by atoms with Crippen molar-refractivity contribution in [2.75, 3.05) is 26.8 Å². The number of methoxy groups -OCH3 is 1. The molecule has 1 N–H and O–H groups in total. The number of rotatable bonds is 9. The molecule has 6 rings (SSSR count). The van der Waals surface area contributed by atoms with E-state index in [1.807, 2.05) is 16.8 Å². The molecule has 0 saturated carbocycles. The summed E-state index contributed by atoms with van der Waals surface area (Å²) in [7, 11) is 0.432. The number of hydrogen-bond donors (Lipinski definition) is 1. The van der Waals surface area contributed by atoms with Crippen LogP contribution in [0, 0.1) is 0 Å². The summed E-state index contributed by atoms with van der Waals surface area (Å²) in [5.74, 6) is -0.357. The molecular weight excluding hydrogens is 534 g/mol. The molecule has 1 amide bonds. The molecule has 41 heavy (non-hydrogen) atoms. The summed E-state index contributed by atoms with van der Waals surface area (Å²) in [6.07, 6.45) is 3.92. The molecule has 0 unspecified atom stereocenters. The van der Waals surface area contributed by atoms with Gasteiger partial charge in [0.15, 0.2) is 0 Å². The fraction of sp³-hybridized carbons (Fsp3) is 0.419. The molecule has 2 aliphatic rings. The van der Waals surface area contributed by atoms with Crippen LogP contribution in [0.4, 0.5) is 4.79 Å². The first-order valence-corrected chi connectivity index (χ1v) is 17.9. The minimum Gasteiger partial charge on any atom is -0.494 e. The molecule has 0 radical (unpaired) electrons. The van der Waals surface area contributed by atoms with E-state index in [9.17, 15) is 9.90 Å². The number of aryl methyl sites for hydroxylation is 1. The number of ether oxygens (including phenoxy) is 2. The molecule has 9 nitrogen and oxygen atoms in total. The minimum atomic E-state index is -1.24. The lowest BCUT2D eigenvalue weighted by atomic mass is 9.96. The van der Waals surface area contributed by atoms with Gasteiger partial charge in [-0.15, -0.1) is 0 Å². The Bertz CT molecular complexity index is 1640. The number of likely N-dealkylation sites (tertiary alicyclic amines) is 1. The van der Waals surface area contributed by atoms with Crippen molar-refractivity contribution in [2.24, 2.45) is 0 Å². The van der Waals surface area contributed by atoms with E-state index < -0.39 is 20.1 Å². The van der Waals surface area contributed by atoms with Crippen molar-refractivity contribution >= 4 is 25.2 Å². The fourth-order valence-electron chi connectivity index (χ4n) is 5.55. The van der Waals surface area contributed by atoms with Gasteiger partial charge in [0.2, 0.25) is 0 Å². The van der Waals surface area contributed by atoms with Crippen molar-refractivity contribution < 1.29 is 20.7 Å². The standard InChI is InChI=1S/C31H37N5O4Si/c1-39-27-15-26-30(33-29(27)24-10-6-8-20-7-5-9-23(20)24)28(34-36(26)19-40-13-14-41(2,3)4)21-11-12-25(32-16-21)22-17-35(18-22)31(37)38/h6,8,10-12,15-16,22H,5,7,9,13-14,17-19H2,1-4H3,(H,37,38)/i22D. The van der Waals surface area contributed by atoms with Gasteiger partial charge >= 0.3 is 6.09 Å².